The maximum Gasteiger partial charge on any atom is 0.306 e. The number of esters is 1. The lowest BCUT2D eigenvalue weighted by molar-refractivity contribution is -0.147. The summed E-state index contributed by atoms with van der Waals surface area (Å²) in [6.45, 7) is 4.29. The summed E-state index contributed by atoms with van der Waals surface area (Å²) >= 11 is 0. The van der Waals surface area contributed by atoms with Crippen LogP contribution in [0.15, 0.2) is 48.6 Å². The van der Waals surface area contributed by atoms with E-state index < -0.39 is 5.97 Å². The minimum absolute atomic E-state index is 0.0943. The van der Waals surface area contributed by atoms with E-state index in [1.165, 1.54) is 19.3 Å². The third-order valence-electron chi connectivity index (χ3n) is 5.75. The first-order valence-corrected chi connectivity index (χ1v) is 14.1. The van der Waals surface area contributed by atoms with E-state index >= 15 is 0 Å². The third kappa shape index (κ3) is 26.3. The fraction of sp³-hybridized carbons (Fsp3) is 0.677. The second-order valence-corrected chi connectivity index (χ2v) is 9.19. The van der Waals surface area contributed by atoms with Crippen molar-refractivity contribution in [3.05, 3.63) is 48.6 Å². The summed E-state index contributed by atoms with van der Waals surface area (Å²) in [6, 6.07) is 0. The van der Waals surface area contributed by atoms with Gasteiger partial charge in [-0.05, 0) is 70.3 Å². The van der Waals surface area contributed by atoms with Crippen molar-refractivity contribution in [1.82, 2.24) is 0 Å². The van der Waals surface area contributed by atoms with Gasteiger partial charge in [-0.3, -0.25) is 9.59 Å². The molecule has 200 valence electrons. The average Bonchev–Trinajstić information content (AvgIpc) is 2.83. The summed E-state index contributed by atoms with van der Waals surface area (Å²) in [4.78, 5) is 22.9. The number of carbonyl (C=O) groups excluding carboxylic acids is 1. The highest BCUT2D eigenvalue weighted by molar-refractivity contribution is 5.69. The highest BCUT2D eigenvalue weighted by Crippen LogP contribution is 2.14. The summed E-state index contributed by atoms with van der Waals surface area (Å²) in [7, 11) is 0. The van der Waals surface area contributed by atoms with Crippen molar-refractivity contribution in [1.29, 1.82) is 0 Å². The minimum Gasteiger partial charge on any atom is -0.481 e. The Kier molecular flexibility index (Phi) is 24.9. The van der Waals surface area contributed by atoms with E-state index in [2.05, 4.69) is 56.4 Å². The number of unbranched alkanes of at least 4 members (excludes halogenated alkanes) is 9. The molecular formula is C31H52O4. The lowest BCUT2D eigenvalue weighted by atomic mass is 10.1. The molecule has 0 aromatic carbocycles. The Hall–Kier alpha value is -2.10. The molecule has 0 aliphatic heterocycles. The average molecular weight is 489 g/mol. The highest BCUT2D eigenvalue weighted by Gasteiger charge is 2.11. The van der Waals surface area contributed by atoms with E-state index in [0.717, 1.165) is 83.5 Å². The Bertz CT molecular complexity index is 615. The molecule has 0 aliphatic carbocycles. The molecule has 4 nitrogen and oxygen atoms in total. The summed E-state index contributed by atoms with van der Waals surface area (Å²) in [5.41, 5.74) is 0. The van der Waals surface area contributed by atoms with E-state index in [1.807, 2.05) is 6.08 Å². The van der Waals surface area contributed by atoms with E-state index in [9.17, 15) is 9.59 Å². The van der Waals surface area contributed by atoms with Gasteiger partial charge in [-0.25, -0.2) is 0 Å². The van der Waals surface area contributed by atoms with Crippen LogP contribution >= 0.6 is 0 Å². The topological polar surface area (TPSA) is 63.6 Å². The number of carboxylic acid groups (broad SMARTS) is 1. The van der Waals surface area contributed by atoms with Crippen molar-refractivity contribution in [2.75, 3.05) is 0 Å². The normalized spacial score (nSPS) is 13.0. The van der Waals surface area contributed by atoms with Gasteiger partial charge < -0.3 is 9.84 Å². The zero-order valence-corrected chi connectivity index (χ0v) is 22.6. The van der Waals surface area contributed by atoms with Gasteiger partial charge >= 0.3 is 11.9 Å². The van der Waals surface area contributed by atoms with Crippen LogP contribution in [0, 0.1) is 0 Å². The maximum atomic E-state index is 12.3. The van der Waals surface area contributed by atoms with Gasteiger partial charge in [-0.2, -0.15) is 0 Å². The predicted molar refractivity (Wildman–Crippen MR) is 149 cm³/mol. The number of ether oxygens (including phenoxy) is 1. The second kappa shape index (κ2) is 26.5. The summed E-state index contributed by atoms with van der Waals surface area (Å²) in [5, 5.41) is 8.71. The molecule has 1 atom stereocenters. The maximum absolute atomic E-state index is 12.3. The molecule has 0 aromatic rings. The van der Waals surface area contributed by atoms with Gasteiger partial charge in [-0.15, -0.1) is 0 Å². The molecule has 0 spiro atoms. The monoisotopic (exact) mass is 488 g/mol. The molecule has 0 saturated heterocycles. The van der Waals surface area contributed by atoms with Gasteiger partial charge in [0.05, 0.1) is 0 Å². The van der Waals surface area contributed by atoms with Gasteiger partial charge in [0.2, 0.25) is 0 Å². The number of hydrogen-bond donors (Lipinski definition) is 1. The Morgan fingerprint density at radius 1 is 0.686 bits per heavy atom. The number of carbonyl (C=O) groups is 2. The van der Waals surface area contributed by atoms with Crippen molar-refractivity contribution >= 4 is 11.9 Å². The van der Waals surface area contributed by atoms with Crippen LogP contribution in [0.1, 0.15) is 129 Å². The standard InChI is InChI=1S/C31H52O4/c1-3-5-7-8-9-10-11-12-13-14-15-16-17-18-24-28-31(34)35-29(25-21-6-4-2)26-22-19-20-23-27-30(32)33/h5,7,9-10,12-13,21,25,29H,3-4,6,8,11,14-20,22-24,26-28H2,1-2H3,(H,32,33)/b7-5-,10-9-,13-12-,25-21-. The minimum atomic E-state index is -0.731. The molecule has 0 rings (SSSR count). The summed E-state index contributed by atoms with van der Waals surface area (Å²) in [5.74, 6) is -0.825. The molecule has 0 fully saturated rings. The Morgan fingerprint density at radius 3 is 1.97 bits per heavy atom. The van der Waals surface area contributed by atoms with Crippen LogP contribution in [0.5, 0.6) is 0 Å². The fourth-order valence-corrected chi connectivity index (χ4v) is 3.70. The first-order valence-electron chi connectivity index (χ1n) is 14.1. The molecule has 0 heterocycles. The van der Waals surface area contributed by atoms with Crippen molar-refractivity contribution in [3.63, 3.8) is 0 Å². The summed E-state index contributed by atoms with van der Waals surface area (Å²) in [6.07, 6.45) is 34.4. The molecule has 35 heavy (non-hydrogen) atoms. The number of carboxylic acids is 1. The number of aliphatic carboxylic acids is 1. The predicted octanol–water partition coefficient (Wildman–Crippen LogP) is 9.27. The highest BCUT2D eigenvalue weighted by atomic mass is 16.5. The van der Waals surface area contributed by atoms with E-state index in [4.69, 9.17) is 9.84 Å². The van der Waals surface area contributed by atoms with Crippen LogP contribution in [-0.4, -0.2) is 23.1 Å². The zero-order valence-electron chi connectivity index (χ0n) is 22.6. The second-order valence-electron chi connectivity index (χ2n) is 9.19. The molecule has 0 saturated carbocycles. The van der Waals surface area contributed by atoms with Crippen LogP contribution in [0.3, 0.4) is 0 Å². The lowest BCUT2D eigenvalue weighted by Crippen LogP contribution is -2.16. The first-order chi connectivity index (χ1) is 17.1. The smallest absolute Gasteiger partial charge is 0.306 e. The molecule has 1 unspecified atom stereocenters. The third-order valence-corrected chi connectivity index (χ3v) is 5.75. The molecule has 0 amide bonds. The van der Waals surface area contributed by atoms with Gasteiger partial charge in [-0.1, -0.05) is 94.9 Å². The van der Waals surface area contributed by atoms with Crippen molar-refractivity contribution in [2.24, 2.45) is 0 Å². The Morgan fingerprint density at radius 2 is 1.29 bits per heavy atom. The van der Waals surface area contributed by atoms with E-state index in [0.29, 0.717) is 6.42 Å². The molecule has 0 aliphatic rings. The van der Waals surface area contributed by atoms with E-state index in [1.54, 1.807) is 0 Å². The lowest BCUT2D eigenvalue weighted by Gasteiger charge is -2.14. The summed E-state index contributed by atoms with van der Waals surface area (Å²) < 4.78 is 5.72. The molecule has 0 aromatic heterocycles. The zero-order chi connectivity index (χ0) is 25.8. The van der Waals surface area contributed by atoms with Crippen LogP contribution < -0.4 is 0 Å². The van der Waals surface area contributed by atoms with Gasteiger partial charge in [0.1, 0.15) is 6.10 Å². The van der Waals surface area contributed by atoms with Crippen molar-refractivity contribution < 1.29 is 19.4 Å². The number of rotatable bonds is 24. The number of allylic oxidation sites excluding steroid dienone is 7. The molecular weight excluding hydrogens is 436 g/mol. The van der Waals surface area contributed by atoms with Crippen LogP contribution in [-0.2, 0) is 14.3 Å². The van der Waals surface area contributed by atoms with Gasteiger partial charge in [0.25, 0.3) is 0 Å². The van der Waals surface area contributed by atoms with Gasteiger partial charge in [0, 0.05) is 12.8 Å². The largest absolute Gasteiger partial charge is 0.481 e. The fourth-order valence-electron chi connectivity index (χ4n) is 3.70. The van der Waals surface area contributed by atoms with Crippen molar-refractivity contribution in [2.45, 2.75) is 136 Å². The molecule has 0 radical (unpaired) electrons. The van der Waals surface area contributed by atoms with Crippen LogP contribution in [0.4, 0.5) is 0 Å². The van der Waals surface area contributed by atoms with Gasteiger partial charge in [0.15, 0.2) is 0 Å². The Balaban J connectivity index is 3.86. The van der Waals surface area contributed by atoms with Crippen molar-refractivity contribution in [3.8, 4) is 0 Å². The van der Waals surface area contributed by atoms with Crippen LogP contribution in [0.25, 0.3) is 0 Å². The Labute approximate surface area is 215 Å². The first kappa shape index (κ1) is 32.9. The van der Waals surface area contributed by atoms with E-state index in [-0.39, 0.29) is 18.5 Å². The number of hydrogen-bond acceptors (Lipinski definition) is 3. The van der Waals surface area contributed by atoms with Crippen LogP contribution in [0.2, 0.25) is 0 Å². The SMILES string of the molecule is CC/C=C\C/C=C\C/C=C\CCCCCCCC(=O)OC(/C=C\CCC)CCCCCCC(=O)O. The quantitative estimate of drug-likeness (QED) is 0.0835. The molecule has 0 bridgehead atoms. The molecule has 4 heteroatoms. The molecule has 1 N–H and O–H groups in total.